The van der Waals surface area contributed by atoms with E-state index in [-0.39, 0.29) is 0 Å². The van der Waals surface area contributed by atoms with Gasteiger partial charge >= 0.3 is 18.5 Å². The predicted octanol–water partition coefficient (Wildman–Crippen LogP) is 1.47. The molecule has 0 unspecified atom stereocenters. The van der Waals surface area contributed by atoms with E-state index in [2.05, 4.69) is 0 Å². The Hall–Kier alpha value is -0.460. The van der Waals surface area contributed by atoms with Gasteiger partial charge in [-0.2, -0.15) is 17.6 Å². The highest BCUT2D eigenvalue weighted by Gasteiger charge is 2.62. The van der Waals surface area contributed by atoms with Crippen LogP contribution in [0.2, 0.25) is 0 Å². The van der Waals surface area contributed by atoms with Crippen LogP contribution in [0.5, 0.6) is 0 Å². The lowest BCUT2D eigenvalue weighted by atomic mass is 10.3. The molecule has 1 N–H and O–H groups in total. The van der Waals surface area contributed by atoms with Gasteiger partial charge in [-0.05, 0) is 0 Å². The molecule has 0 aliphatic rings. The first-order chi connectivity index (χ1) is 4.19. The zero-order valence-electron chi connectivity index (χ0n) is 4.29. The molecule has 62 valence electrons. The summed E-state index contributed by atoms with van der Waals surface area (Å²) in [4.78, 5) is 0. The SMILES string of the molecule is O[C@](F)(C(F)F)C(F)(F)F. The lowest BCUT2D eigenvalue weighted by Gasteiger charge is -2.20. The van der Waals surface area contributed by atoms with Crippen molar-refractivity contribution in [1.29, 1.82) is 0 Å². The molecule has 0 saturated heterocycles. The molecule has 0 fully saturated rings. The van der Waals surface area contributed by atoms with E-state index in [0.29, 0.717) is 0 Å². The number of halogens is 6. The first-order valence-corrected chi connectivity index (χ1v) is 1.95. The lowest BCUT2D eigenvalue weighted by molar-refractivity contribution is -0.352. The predicted molar refractivity (Wildman–Crippen MR) is 18.1 cm³/mol. The van der Waals surface area contributed by atoms with Crippen LogP contribution in [0.1, 0.15) is 0 Å². The molecule has 0 aromatic carbocycles. The van der Waals surface area contributed by atoms with Crippen molar-refractivity contribution < 1.29 is 31.4 Å². The van der Waals surface area contributed by atoms with E-state index in [9.17, 15) is 26.3 Å². The van der Waals surface area contributed by atoms with Crippen molar-refractivity contribution in [2.45, 2.75) is 18.5 Å². The summed E-state index contributed by atoms with van der Waals surface area (Å²) in [5.74, 6) is -5.40. The first-order valence-electron chi connectivity index (χ1n) is 1.95. The van der Waals surface area contributed by atoms with Gasteiger partial charge in [0.2, 0.25) is 0 Å². The second-order valence-electron chi connectivity index (χ2n) is 1.47. The number of alkyl halides is 6. The monoisotopic (exact) mass is 168 g/mol. The molecule has 0 amide bonds. The summed E-state index contributed by atoms with van der Waals surface area (Å²) in [6.45, 7) is 0. The van der Waals surface area contributed by atoms with E-state index < -0.39 is 18.5 Å². The average Bonchev–Trinajstić information content (AvgIpc) is 1.62. The largest absolute Gasteiger partial charge is 0.454 e. The third-order valence-electron chi connectivity index (χ3n) is 0.687. The molecule has 0 radical (unpaired) electrons. The van der Waals surface area contributed by atoms with Gasteiger partial charge in [-0.1, -0.05) is 0 Å². The molecule has 0 bridgehead atoms. The van der Waals surface area contributed by atoms with Gasteiger partial charge in [0.15, 0.2) is 0 Å². The maximum Gasteiger partial charge on any atom is 0.454 e. The zero-order valence-corrected chi connectivity index (χ0v) is 4.29. The van der Waals surface area contributed by atoms with Crippen LogP contribution in [0.15, 0.2) is 0 Å². The van der Waals surface area contributed by atoms with Gasteiger partial charge in [-0.25, -0.2) is 8.78 Å². The molecule has 0 aromatic rings. The highest BCUT2D eigenvalue weighted by Crippen LogP contribution is 2.36. The second-order valence-corrected chi connectivity index (χ2v) is 1.47. The molecule has 0 aliphatic heterocycles. The van der Waals surface area contributed by atoms with E-state index in [1.165, 1.54) is 0 Å². The van der Waals surface area contributed by atoms with Crippen molar-refractivity contribution in [2.24, 2.45) is 0 Å². The Kier molecular flexibility index (Phi) is 2.19. The Morgan fingerprint density at radius 2 is 1.30 bits per heavy atom. The van der Waals surface area contributed by atoms with Gasteiger partial charge in [0.1, 0.15) is 0 Å². The molecule has 7 heteroatoms. The molecule has 0 spiro atoms. The molecule has 1 atom stereocenters. The molecule has 10 heavy (non-hydrogen) atoms. The van der Waals surface area contributed by atoms with Gasteiger partial charge in [0.25, 0.3) is 0 Å². The van der Waals surface area contributed by atoms with Gasteiger partial charge < -0.3 is 5.11 Å². The summed E-state index contributed by atoms with van der Waals surface area (Å²) < 4.78 is 66.3. The third kappa shape index (κ3) is 1.53. The molecule has 0 saturated carbocycles. The minimum absolute atomic E-state index is 4.48. The molecule has 0 aromatic heterocycles. The first kappa shape index (κ1) is 9.54. The van der Waals surface area contributed by atoms with Crippen LogP contribution in [0, 0.1) is 0 Å². The van der Waals surface area contributed by atoms with E-state index in [1.807, 2.05) is 0 Å². The smallest absolute Gasteiger partial charge is 0.350 e. The minimum atomic E-state index is -5.94. The molecule has 1 nitrogen and oxygen atoms in total. The summed E-state index contributed by atoms with van der Waals surface area (Å²) in [6.07, 6.45) is -10.4. The van der Waals surface area contributed by atoms with Crippen molar-refractivity contribution in [3.8, 4) is 0 Å². The summed E-state index contributed by atoms with van der Waals surface area (Å²) in [5.41, 5.74) is 0. The Bertz CT molecular complexity index is 115. The van der Waals surface area contributed by atoms with E-state index in [4.69, 9.17) is 5.11 Å². The van der Waals surface area contributed by atoms with Crippen molar-refractivity contribution in [2.75, 3.05) is 0 Å². The summed E-state index contributed by atoms with van der Waals surface area (Å²) in [6, 6.07) is 0. The fourth-order valence-corrected chi connectivity index (χ4v) is 0.124. The molecule has 0 rings (SSSR count). The van der Waals surface area contributed by atoms with Crippen molar-refractivity contribution >= 4 is 0 Å². The van der Waals surface area contributed by atoms with E-state index >= 15 is 0 Å². The highest BCUT2D eigenvalue weighted by atomic mass is 19.4. The van der Waals surface area contributed by atoms with E-state index in [1.54, 1.807) is 0 Å². The zero-order chi connectivity index (χ0) is 8.58. The number of hydrogen-bond acceptors (Lipinski definition) is 1. The van der Waals surface area contributed by atoms with Crippen LogP contribution in [0.3, 0.4) is 0 Å². The molecular formula is C3H2F6O. The Labute approximate surface area is 51.3 Å². The second kappa shape index (κ2) is 2.30. The van der Waals surface area contributed by atoms with Crippen LogP contribution < -0.4 is 0 Å². The summed E-state index contributed by atoms with van der Waals surface area (Å²) in [5, 5.41) is 7.39. The molecular weight excluding hydrogens is 166 g/mol. The highest BCUT2D eigenvalue weighted by molar-refractivity contribution is 4.76. The van der Waals surface area contributed by atoms with Crippen molar-refractivity contribution in [3.63, 3.8) is 0 Å². The Balaban J connectivity index is 4.40. The maximum absolute atomic E-state index is 11.4. The van der Waals surface area contributed by atoms with Crippen LogP contribution in [-0.4, -0.2) is 23.6 Å². The minimum Gasteiger partial charge on any atom is -0.350 e. The van der Waals surface area contributed by atoms with E-state index in [0.717, 1.165) is 0 Å². The maximum atomic E-state index is 11.4. The summed E-state index contributed by atoms with van der Waals surface area (Å²) in [7, 11) is 0. The molecule has 0 aliphatic carbocycles. The Morgan fingerprint density at radius 1 is 1.00 bits per heavy atom. The van der Waals surface area contributed by atoms with Crippen LogP contribution in [-0.2, 0) is 0 Å². The quantitative estimate of drug-likeness (QED) is 0.587. The fourth-order valence-electron chi connectivity index (χ4n) is 0.124. The fraction of sp³-hybridized carbons (Fsp3) is 1.00. The van der Waals surface area contributed by atoms with Gasteiger partial charge in [-0.3, -0.25) is 0 Å². The molecule has 0 heterocycles. The van der Waals surface area contributed by atoms with Crippen molar-refractivity contribution in [1.82, 2.24) is 0 Å². The Morgan fingerprint density at radius 3 is 1.30 bits per heavy atom. The van der Waals surface area contributed by atoms with Gasteiger partial charge in [-0.15, -0.1) is 0 Å². The average molecular weight is 168 g/mol. The lowest BCUT2D eigenvalue weighted by Crippen LogP contribution is -2.47. The normalized spacial score (nSPS) is 19.2. The number of rotatable bonds is 1. The van der Waals surface area contributed by atoms with Gasteiger partial charge in [0, 0.05) is 0 Å². The number of hydrogen-bond donors (Lipinski definition) is 1. The standard InChI is InChI=1S/C3H2F6O/c4-1(5)2(6,10)3(7,8)9/h1,10H/t2-/m1/s1. The third-order valence-corrected chi connectivity index (χ3v) is 0.687. The van der Waals surface area contributed by atoms with Crippen LogP contribution in [0.25, 0.3) is 0 Å². The van der Waals surface area contributed by atoms with Crippen molar-refractivity contribution in [3.05, 3.63) is 0 Å². The van der Waals surface area contributed by atoms with Crippen LogP contribution in [0.4, 0.5) is 26.3 Å². The topological polar surface area (TPSA) is 20.2 Å². The summed E-state index contributed by atoms with van der Waals surface area (Å²) >= 11 is 0. The van der Waals surface area contributed by atoms with Gasteiger partial charge in [0.05, 0.1) is 0 Å². The van der Waals surface area contributed by atoms with Crippen LogP contribution >= 0.6 is 0 Å². The number of aliphatic hydroxyl groups is 1.